The summed E-state index contributed by atoms with van der Waals surface area (Å²) in [5.41, 5.74) is -0.827. The summed E-state index contributed by atoms with van der Waals surface area (Å²) >= 11 is 1.92. The van der Waals surface area contributed by atoms with Crippen LogP contribution in [0.3, 0.4) is 0 Å². The molecule has 0 aliphatic rings. The standard InChI is InChI=1S/C13H18IN3O5S/c1-3-15-11(18)5-4-6-23(21,22)16-12(19)10-7-9(14)8-17(2)13(10)20/h7-8H,3-6H2,1-2H3,(H,15,18)(H,16,19). The zero-order valence-corrected chi connectivity index (χ0v) is 15.7. The van der Waals surface area contributed by atoms with Gasteiger partial charge in [-0.3, -0.25) is 14.4 Å². The van der Waals surface area contributed by atoms with Crippen LogP contribution in [0.2, 0.25) is 0 Å². The molecule has 1 aromatic heterocycles. The Hall–Kier alpha value is -1.43. The van der Waals surface area contributed by atoms with E-state index in [1.54, 1.807) is 6.92 Å². The van der Waals surface area contributed by atoms with Crippen molar-refractivity contribution in [3.8, 4) is 0 Å². The monoisotopic (exact) mass is 455 g/mol. The maximum Gasteiger partial charge on any atom is 0.270 e. The molecular formula is C13H18IN3O5S. The molecule has 0 aromatic carbocycles. The molecule has 1 rings (SSSR count). The van der Waals surface area contributed by atoms with Gasteiger partial charge in [0.1, 0.15) is 5.56 Å². The first-order valence-electron chi connectivity index (χ1n) is 6.84. The number of amides is 2. The average Bonchev–Trinajstić information content (AvgIpc) is 2.42. The van der Waals surface area contributed by atoms with Crippen LogP contribution < -0.4 is 15.6 Å². The molecule has 1 heterocycles. The number of nitrogens with zero attached hydrogens (tertiary/aromatic N) is 1. The lowest BCUT2D eigenvalue weighted by Gasteiger charge is -2.08. The Labute approximate surface area is 147 Å². The summed E-state index contributed by atoms with van der Waals surface area (Å²) in [6.45, 7) is 2.23. The summed E-state index contributed by atoms with van der Waals surface area (Å²) in [4.78, 5) is 35.1. The van der Waals surface area contributed by atoms with Crippen LogP contribution in [0.25, 0.3) is 0 Å². The van der Waals surface area contributed by atoms with Crippen molar-refractivity contribution in [3.05, 3.63) is 31.8 Å². The van der Waals surface area contributed by atoms with Crippen LogP contribution in [-0.2, 0) is 21.9 Å². The van der Waals surface area contributed by atoms with Crippen molar-refractivity contribution in [3.63, 3.8) is 0 Å². The number of nitrogens with one attached hydrogen (secondary N) is 2. The number of carbonyl (C=O) groups is 2. The third kappa shape index (κ3) is 6.29. The largest absolute Gasteiger partial charge is 0.356 e. The van der Waals surface area contributed by atoms with E-state index in [0.29, 0.717) is 10.1 Å². The van der Waals surface area contributed by atoms with E-state index in [2.05, 4.69) is 5.32 Å². The second-order valence-corrected chi connectivity index (χ2v) is 7.88. The van der Waals surface area contributed by atoms with Gasteiger partial charge in [-0.1, -0.05) is 0 Å². The van der Waals surface area contributed by atoms with Crippen LogP contribution >= 0.6 is 22.6 Å². The highest BCUT2D eigenvalue weighted by molar-refractivity contribution is 14.1. The molecular weight excluding hydrogens is 437 g/mol. The normalized spacial score (nSPS) is 11.1. The molecule has 10 heteroatoms. The number of sulfonamides is 1. The van der Waals surface area contributed by atoms with Gasteiger partial charge in [0, 0.05) is 29.8 Å². The minimum absolute atomic E-state index is 0.0495. The number of halogens is 1. The second-order valence-electron chi connectivity index (χ2n) is 4.80. The van der Waals surface area contributed by atoms with Crippen LogP contribution in [0, 0.1) is 3.57 Å². The smallest absolute Gasteiger partial charge is 0.270 e. The summed E-state index contributed by atoms with van der Waals surface area (Å²) in [5.74, 6) is -1.59. The third-order valence-electron chi connectivity index (χ3n) is 2.83. The second kappa shape index (κ2) is 8.43. The maximum absolute atomic E-state index is 12.0. The maximum atomic E-state index is 12.0. The van der Waals surface area contributed by atoms with E-state index in [1.807, 2.05) is 27.3 Å². The molecule has 0 atom stereocenters. The van der Waals surface area contributed by atoms with Crippen molar-refractivity contribution < 1.29 is 18.0 Å². The fourth-order valence-electron chi connectivity index (χ4n) is 1.79. The highest BCUT2D eigenvalue weighted by atomic mass is 127. The van der Waals surface area contributed by atoms with Gasteiger partial charge in [0.05, 0.1) is 5.75 Å². The van der Waals surface area contributed by atoms with E-state index in [0.717, 1.165) is 0 Å². The third-order valence-corrected chi connectivity index (χ3v) is 4.75. The van der Waals surface area contributed by atoms with E-state index < -0.39 is 21.5 Å². The van der Waals surface area contributed by atoms with Gasteiger partial charge >= 0.3 is 0 Å². The topological polar surface area (TPSA) is 114 Å². The lowest BCUT2D eigenvalue weighted by Crippen LogP contribution is -2.37. The summed E-state index contributed by atoms with van der Waals surface area (Å²) in [6.07, 6.45) is 1.66. The summed E-state index contributed by atoms with van der Waals surface area (Å²) < 4.78 is 27.4. The molecule has 0 bridgehead atoms. The van der Waals surface area contributed by atoms with Crippen molar-refractivity contribution in [2.45, 2.75) is 19.8 Å². The van der Waals surface area contributed by atoms with Crippen LogP contribution in [0.15, 0.2) is 17.1 Å². The molecule has 8 nitrogen and oxygen atoms in total. The number of hydrogen-bond donors (Lipinski definition) is 2. The first kappa shape index (κ1) is 19.6. The van der Waals surface area contributed by atoms with Gasteiger partial charge in [0.15, 0.2) is 0 Å². The Morgan fingerprint density at radius 3 is 2.61 bits per heavy atom. The van der Waals surface area contributed by atoms with Crippen molar-refractivity contribution in [1.82, 2.24) is 14.6 Å². The average molecular weight is 455 g/mol. The fraction of sp³-hybridized carbons (Fsp3) is 0.462. The molecule has 0 saturated carbocycles. The SMILES string of the molecule is CCNC(=O)CCCS(=O)(=O)NC(=O)c1cc(I)cn(C)c1=O. The minimum Gasteiger partial charge on any atom is -0.356 e. The lowest BCUT2D eigenvalue weighted by molar-refractivity contribution is -0.120. The van der Waals surface area contributed by atoms with Gasteiger partial charge in [0.25, 0.3) is 11.5 Å². The number of rotatable bonds is 7. The molecule has 0 radical (unpaired) electrons. The Bertz CT molecular complexity index is 757. The molecule has 0 aliphatic heterocycles. The number of aromatic nitrogens is 1. The molecule has 0 aliphatic carbocycles. The molecule has 1 aromatic rings. The van der Waals surface area contributed by atoms with Crippen LogP contribution in [0.1, 0.15) is 30.1 Å². The molecule has 0 unspecified atom stereocenters. The van der Waals surface area contributed by atoms with E-state index in [9.17, 15) is 22.8 Å². The van der Waals surface area contributed by atoms with Crippen molar-refractivity contribution in [1.29, 1.82) is 0 Å². The Morgan fingerprint density at radius 2 is 2.00 bits per heavy atom. The molecule has 2 amide bonds. The van der Waals surface area contributed by atoms with Gasteiger partial charge in [-0.15, -0.1) is 0 Å². The van der Waals surface area contributed by atoms with E-state index in [1.165, 1.54) is 23.9 Å². The Kier molecular flexibility index (Phi) is 7.19. The number of aryl methyl sites for hydroxylation is 1. The first-order valence-corrected chi connectivity index (χ1v) is 9.57. The number of hydrogen-bond acceptors (Lipinski definition) is 5. The van der Waals surface area contributed by atoms with Crippen molar-refractivity contribution >= 4 is 44.4 Å². The van der Waals surface area contributed by atoms with Crippen LogP contribution in [0.4, 0.5) is 0 Å². The van der Waals surface area contributed by atoms with E-state index in [-0.39, 0.29) is 30.1 Å². The van der Waals surface area contributed by atoms with Crippen molar-refractivity contribution in [2.24, 2.45) is 7.05 Å². The lowest BCUT2D eigenvalue weighted by atomic mass is 10.3. The highest BCUT2D eigenvalue weighted by Crippen LogP contribution is 2.04. The Morgan fingerprint density at radius 1 is 1.35 bits per heavy atom. The summed E-state index contributed by atoms with van der Waals surface area (Å²) in [5, 5.41) is 2.55. The minimum atomic E-state index is -3.91. The van der Waals surface area contributed by atoms with E-state index >= 15 is 0 Å². The zero-order valence-electron chi connectivity index (χ0n) is 12.8. The van der Waals surface area contributed by atoms with Crippen LogP contribution in [0.5, 0.6) is 0 Å². The van der Waals surface area contributed by atoms with Crippen molar-refractivity contribution in [2.75, 3.05) is 12.3 Å². The van der Waals surface area contributed by atoms with Gasteiger partial charge in [-0.25, -0.2) is 13.1 Å². The highest BCUT2D eigenvalue weighted by Gasteiger charge is 2.19. The molecule has 0 saturated heterocycles. The zero-order chi connectivity index (χ0) is 17.6. The van der Waals surface area contributed by atoms with Gasteiger partial charge < -0.3 is 9.88 Å². The van der Waals surface area contributed by atoms with E-state index in [4.69, 9.17) is 0 Å². The molecule has 128 valence electrons. The quantitative estimate of drug-likeness (QED) is 0.561. The first-order chi connectivity index (χ1) is 10.7. The molecule has 0 fully saturated rings. The molecule has 2 N–H and O–H groups in total. The van der Waals surface area contributed by atoms with Crippen LogP contribution in [-0.4, -0.2) is 37.1 Å². The predicted molar refractivity (Wildman–Crippen MR) is 93.6 cm³/mol. The molecule has 0 spiro atoms. The Balaban J connectivity index is 2.73. The molecule has 23 heavy (non-hydrogen) atoms. The predicted octanol–water partition coefficient (Wildman–Crippen LogP) is -0.0342. The van der Waals surface area contributed by atoms with Gasteiger partial charge in [-0.05, 0) is 42.0 Å². The van der Waals surface area contributed by atoms with Gasteiger partial charge in [-0.2, -0.15) is 0 Å². The number of pyridine rings is 1. The number of carbonyl (C=O) groups excluding carboxylic acids is 2. The summed E-state index contributed by atoms with van der Waals surface area (Å²) in [6, 6.07) is 1.32. The summed E-state index contributed by atoms with van der Waals surface area (Å²) in [7, 11) is -2.44. The van der Waals surface area contributed by atoms with Gasteiger partial charge in [0.2, 0.25) is 15.9 Å². The fourth-order valence-corrected chi connectivity index (χ4v) is 3.54.